The van der Waals surface area contributed by atoms with Gasteiger partial charge in [-0.2, -0.15) is 10.2 Å². The predicted molar refractivity (Wildman–Crippen MR) is 100 cm³/mol. The minimum Gasteiger partial charge on any atom is -0.480 e. The summed E-state index contributed by atoms with van der Waals surface area (Å²) >= 11 is 12.0. The van der Waals surface area contributed by atoms with Crippen LogP contribution in [0.2, 0.25) is 10.0 Å². The molecule has 3 aromatic rings. The fourth-order valence-electron chi connectivity index (χ4n) is 2.32. The number of hydrogen-bond acceptors (Lipinski definition) is 4. The van der Waals surface area contributed by atoms with Crippen molar-refractivity contribution in [1.29, 1.82) is 0 Å². The van der Waals surface area contributed by atoms with Crippen molar-refractivity contribution in [2.45, 2.75) is 19.5 Å². The van der Waals surface area contributed by atoms with Crippen molar-refractivity contribution in [3.8, 4) is 0 Å². The highest BCUT2D eigenvalue weighted by Crippen LogP contribution is 2.22. The summed E-state index contributed by atoms with van der Waals surface area (Å²) in [6, 6.07) is 5.79. The summed E-state index contributed by atoms with van der Waals surface area (Å²) in [5.74, 6) is -1.50. The summed E-state index contributed by atoms with van der Waals surface area (Å²) < 4.78 is 2.83. The minimum atomic E-state index is -1.04. The highest BCUT2D eigenvalue weighted by atomic mass is 35.5. The van der Waals surface area contributed by atoms with Crippen molar-refractivity contribution in [3.05, 3.63) is 64.2 Å². The van der Waals surface area contributed by atoms with E-state index in [4.69, 9.17) is 28.3 Å². The van der Waals surface area contributed by atoms with Crippen LogP contribution in [-0.4, -0.2) is 36.5 Å². The highest BCUT2D eigenvalue weighted by molar-refractivity contribution is 6.35. The fraction of sp³-hybridized carbons (Fsp3) is 0.176. The van der Waals surface area contributed by atoms with E-state index < -0.39 is 17.9 Å². The Morgan fingerprint density at radius 1 is 1.30 bits per heavy atom. The molecule has 10 heteroatoms. The van der Waals surface area contributed by atoms with Gasteiger partial charge < -0.3 is 10.4 Å². The molecule has 0 aliphatic carbocycles. The molecule has 27 heavy (non-hydrogen) atoms. The standard InChI is InChI=1S/C17H15Cl2N5O3/c1-10(17(26)27)24-5-4-15(22-24)16(25)21-13-7-20-23(9-13)8-11-2-3-12(18)6-14(11)19/h2-7,9-10H,8H2,1H3,(H,21,25)(H,26,27). The first-order valence-electron chi connectivity index (χ1n) is 7.89. The number of carbonyl (C=O) groups excluding carboxylic acids is 1. The fourth-order valence-corrected chi connectivity index (χ4v) is 2.79. The average molecular weight is 408 g/mol. The van der Waals surface area contributed by atoms with Crippen LogP contribution in [0.3, 0.4) is 0 Å². The summed E-state index contributed by atoms with van der Waals surface area (Å²) in [6.45, 7) is 1.89. The number of carboxylic acids is 1. The Kier molecular flexibility index (Phi) is 5.48. The summed E-state index contributed by atoms with van der Waals surface area (Å²) in [5, 5.41) is 20.9. The Morgan fingerprint density at radius 2 is 2.07 bits per heavy atom. The van der Waals surface area contributed by atoms with Crippen LogP contribution in [0.1, 0.15) is 29.0 Å². The third-order valence-corrected chi connectivity index (χ3v) is 4.42. The molecule has 1 aromatic carbocycles. The Balaban J connectivity index is 1.67. The lowest BCUT2D eigenvalue weighted by Crippen LogP contribution is -2.18. The molecular formula is C17H15Cl2N5O3. The molecule has 140 valence electrons. The molecule has 8 nitrogen and oxygen atoms in total. The maximum Gasteiger partial charge on any atom is 0.328 e. The number of anilines is 1. The van der Waals surface area contributed by atoms with Crippen molar-refractivity contribution in [1.82, 2.24) is 19.6 Å². The van der Waals surface area contributed by atoms with Crippen LogP contribution in [0, 0.1) is 0 Å². The molecule has 0 aliphatic heterocycles. The van der Waals surface area contributed by atoms with Crippen LogP contribution >= 0.6 is 23.2 Å². The van der Waals surface area contributed by atoms with Gasteiger partial charge in [0.15, 0.2) is 5.69 Å². The SMILES string of the molecule is CC(C(=O)O)n1ccc(C(=O)Nc2cnn(Cc3ccc(Cl)cc3Cl)c2)n1. The molecule has 1 unspecified atom stereocenters. The Morgan fingerprint density at radius 3 is 2.78 bits per heavy atom. The molecule has 0 spiro atoms. The van der Waals surface area contributed by atoms with Crippen molar-refractivity contribution in [2.75, 3.05) is 5.32 Å². The lowest BCUT2D eigenvalue weighted by atomic mass is 10.2. The van der Waals surface area contributed by atoms with Crippen LogP contribution in [0.15, 0.2) is 42.9 Å². The van der Waals surface area contributed by atoms with E-state index in [1.165, 1.54) is 30.1 Å². The van der Waals surface area contributed by atoms with Crippen LogP contribution in [0.4, 0.5) is 5.69 Å². The van der Waals surface area contributed by atoms with E-state index in [1.54, 1.807) is 29.1 Å². The number of carbonyl (C=O) groups is 2. The van der Waals surface area contributed by atoms with Gasteiger partial charge in [0.1, 0.15) is 6.04 Å². The van der Waals surface area contributed by atoms with Gasteiger partial charge in [-0.1, -0.05) is 29.3 Å². The summed E-state index contributed by atoms with van der Waals surface area (Å²) in [7, 11) is 0. The van der Waals surface area contributed by atoms with Gasteiger partial charge in [-0.25, -0.2) is 4.79 Å². The maximum absolute atomic E-state index is 12.3. The van der Waals surface area contributed by atoms with Crippen LogP contribution in [0.5, 0.6) is 0 Å². The number of aromatic nitrogens is 4. The molecule has 2 aromatic heterocycles. The van der Waals surface area contributed by atoms with Gasteiger partial charge in [-0.3, -0.25) is 14.2 Å². The van der Waals surface area contributed by atoms with E-state index in [9.17, 15) is 9.59 Å². The second kappa shape index (κ2) is 7.81. The smallest absolute Gasteiger partial charge is 0.328 e. The van der Waals surface area contributed by atoms with E-state index in [-0.39, 0.29) is 5.69 Å². The van der Waals surface area contributed by atoms with E-state index in [0.717, 1.165) is 5.56 Å². The molecule has 2 heterocycles. The van der Waals surface area contributed by atoms with Crippen molar-refractivity contribution >= 4 is 40.8 Å². The third-order valence-electron chi connectivity index (χ3n) is 3.83. The lowest BCUT2D eigenvalue weighted by Gasteiger charge is -2.05. The van der Waals surface area contributed by atoms with E-state index in [0.29, 0.717) is 22.3 Å². The van der Waals surface area contributed by atoms with Crippen LogP contribution in [-0.2, 0) is 11.3 Å². The number of halogens is 2. The zero-order valence-corrected chi connectivity index (χ0v) is 15.6. The maximum atomic E-state index is 12.3. The van der Waals surface area contributed by atoms with Gasteiger partial charge in [-0.05, 0) is 30.7 Å². The molecule has 0 bridgehead atoms. The average Bonchev–Trinajstić information content (AvgIpc) is 3.26. The normalized spacial score (nSPS) is 12.0. The van der Waals surface area contributed by atoms with E-state index in [1.807, 2.05) is 0 Å². The molecule has 3 rings (SSSR count). The number of aliphatic carboxylic acids is 1. The van der Waals surface area contributed by atoms with E-state index >= 15 is 0 Å². The summed E-state index contributed by atoms with van der Waals surface area (Å²) in [5.41, 5.74) is 1.42. The third kappa shape index (κ3) is 4.47. The molecular weight excluding hydrogens is 393 g/mol. The van der Waals surface area contributed by atoms with Crippen LogP contribution in [0.25, 0.3) is 0 Å². The predicted octanol–water partition coefficient (Wildman–Crippen LogP) is 3.33. The number of rotatable bonds is 6. The van der Waals surface area contributed by atoms with Gasteiger partial charge in [0, 0.05) is 22.4 Å². The van der Waals surface area contributed by atoms with Gasteiger partial charge in [-0.15, -0.1) is 0 Å². The van der Waals surface area contributed by atoms with Gasteiger partial charge in [0.05, 0.1) is 18.4 Å². The number of nitrogens with one attached hydrogen (secondary N) is 1. The molecule has 0 fully saturated rings. The largest absolute Gasteiger partial charge is 0.480 e. The number of hydrogen-bond donors (Lipinski definition) is 2. The van der Waals surface area contributed by atoms with Crippen LogP contribution < -0.4 is 5.32 Å². The molecule has 1 amide bonds. The first kappa shape index (κ1) is 18.9. The van der Waals surface area contributed by atoms with Crippen molar-refractivity contribution in [2.24, 2.45) is 0 Å². The van der Waals surface area contributed by atoms with Gasteiger partial charge in [0.2, 0.25) is 0 Å². The number of amides is 1. The molecule has 0 aliphatic rings. The molecule has 2 N–H and O–H groups in total. The topological polar surface area (TPSA) is 102 Å². The highest BCUT2D eigenvalue weighted by Gasteiger charge is 2.17. The van der Waals surface area contributed by atoms with Crippen molar-refractivity contribution < 1.29 is 14.7 Å². The Labute approximate surface area is 164 Å². The zero-order chi connectivity index (χ0) is 19.6. The second-order valence-corrected chi connectivity index (χ2v) is 6.66. The molecule has 0 saturated heterocycles. The lowest BCUT2D eigenvalue weighted by molar-refractivity contribution is -0.140. The molecule has 0 radical (unpaired) electrons. The first-order chi connectivity index (χ1) is 12.8. The first-order valence-corrected chi connectivity index (χ1v) is 8.65. The molecule has 1 atom stereocenters. The quantitative estimate of drug-likeness (QED) is 0.652. The number of nitrogens with zero attached hydrogens (tertiary/aromatic N) is 4. The van der Waals surface area contributed by atoms with E-state index in [2.05, 4.69) is 15.5 Å². The van der Waals surface area contributed by atoms with Gasteiger partial charge in [0.25, 0.3) is 5.91 Å². The van der Waals surface area contributed by atoms with Crippen molar-refractivity contribution in [3.63, 3.8) is 0 Å². The number of carboxylic acid groups (broad SMARTS) is 1. The van der Waals surface area contributed by atoms with Gasteiger partial charge >= 0.3 is 5.97 Å². The summed E-state index contributed by atoms with van der Waals surface area (Å²) in [4.78, 5) is 23.2. The molecule has 0 saturated carbocycles. The number of benzene rings is 1. The Hall–Kier alpha value is -2.84. The second-order valence-electron chi connectivity index (χ2n) is 5.81. The summed E-state index contributed by atoms with van der Waals surface area (Å²) in [6.07, 6.45) is 4.60. The Bertz CT molecular complexity index is 998. The minimum absolute atomic E-state index is 0.108. The monoisotopic (exact) mass is 407 g/mol. The zero-order valence-electron chi connectivity index (χ0n) is 14.1.